The third-order valence-electron chi connectivity index (χ3n) is 11.1. The van der Waals surface area contributed by atoms with Crippen LogP contribution in [0.3, 0.4) is 0 Å². The van der Waals surface area contributed by atoms with Gasteiger partial charge in [0.1, 0.15) is 6.61 Å². The van der Waals surface area contributed by atoms with E-state index in [2.05, 4.69) is 81.1 Å². The topological polar surface area (TPSA) is 250 Å². The molecule has 4 aromatic rings. The molecule has 2 aliphatic carbocycles. The molecule has 0 saturated carbocycles. The van der Waals surface area contributed by atoms with Crippen LogP contribution < -0.4 is 169 Å². The van der Waals surface area contributed by atoms with Crippen molar-refractivity contribution in [3.05, 3.63) is 81.3 Å². The quantitative estimate of drug-likeness (QED) is 0.0630. The first-order valence-electron chi connectivity index (χ1n) is 23.0. The number of primary amides is 1. The maximum atomic E-state index is 10.8. The average Bonchev–Trinajstić information content (AvgIpc) is 3.35. The third kappa shape index (κ3) is 23.9. The summed E-state index contributed by atoms with van der Waals surface area (Å²) in [5, 5.41) is 8.43. The summed E-state index contributed by atoms with van der Waals surface area (Å²) in [7, 11) is 0. The molecule has 0 aromatic carbocycles. The standard InChI is InChI=1S/C21H29N5O2.C14H23N3O.C8H10N2O.C2H5NO.CH2O3.2Cs.H/c1-2-16-13-22-20(23-14-16)26-9-7-18(8-10-26)27-11-12-28-21-24-15-17-5-3-4-6-19(17)25-21;1-3-9-18-13-5-7-17(8-6-13)14-15-10-12(4-2)11-16-14;11-8-9-5-6-3-1-2-4-7(6)10-8;1-2(3)4;2-1-4-3;;;/h13-15,18H,2-12H2,1H3;10-11,13H,3-9H2,1-2H3;5H,1-4H2,(H,9,10,11);1H3,(H2,3,4);1,3H;;;/q;;;;;2*+1;-1/p-1. The second-order valence-corrected chi connectivity index (χ2v) is 16.0. The van der Waals surface area contributed by atoms with Crippen LogP contribution in [0.25, 0.3) is 0 Å². The van der Waals surface area contributed by atoms with Gasteiger partial charge in [0.05, 0.1) is 24.5 Å². The number of fused-ring (bicyclic) bond motifs is 2. The van der Waals surface area contributed by atoms with Crippen molar-refractivity contribution in [3.8, 4) is 6.01 Å². The maximum absolute atomic E-state index is 10.8. The largest absolute Gasteiger partial charge is 1.00 e. The van der Waals surface area contributed by atoms with Crippen LogP contribution in [0, 0.1) is 0 Å². The van der Waals surface area contributed by atoms with Crippen molar-refractivity contribution in [1.82, 2.24) is 39.9 Å². The number of nitrogens with zero attached hydrogens (tertiary/aromatic N) is 9. The van der Waals surface area contributed by atoms with Crippen LogP contribution in [0.4, 0.5) is 11.9 Å². The Kier molecular flexibility index (Phi) is 33.4. The molecule has 21 heteroatoms. The first kappa shape index (κ1) is 61.6. The summed E-state index contributed by atoms with van der Waals surface area (Å²) >= 11 is 0. The first-order valence-corrected chi connectivity index (χ1v) is 23.0. The zero-order chi connectivity index (χ0) is 46.7. The number of aryl methyl sites for hydroxylation is 6. The minimum atomic E-state index is -0.333. The van der Waals surface area contributed by atoms with Crippen molar-refractivity contribution in [2.45, 2.75) is 136 Å². The molecule has 0 spiro atoms. The Morgan fingerprint density at radius 3 is 1.69 bits per heavy atom. The number of H-pyrrole nitrogens is 1. The van der Waals surface area contributed by atoms with Crippen LogP contribution in [0.1, 0.15) is 121 Å². The van der Waals surface area contributed by atoms with Gasteiger partial charge in [-0.2, -0.15) is 4.98 Å². The molecule has 1 amide bonds. The predicted octanol–water partition coefficient (Wildman–Crippen LogP) is -2.10. The first-order chi connectivity index (χ1) is 31.7. The van der Waals surface area contributed by atoms with Gasteiger partial charge in [0.25, 0.3) is 6.47 Å². The molecule has 2 saturated heterocycles. The molecule has 4 aliphatic rings. The second kappa shape index (κ2) is 36.4. The van der Waals surface area contributed by atoms with Crippen LogP contribution in [0.15, 0.2) is 42.0 Å². The van der Waals surface area contributed by atoms with Gasteiger partial charge in [-0.1, -0.05) is 20.8 Å². The molecule has 3 N–H and O–H groups in total. The summed E-state index contributed by atoms with van der Waals surface area (Å²) in [4.78, 5) is 68.9. The van der Waals surface area contributed by atoms with Crippen molar-refractivity contribution in [1.29, 1.82) is 0 Å². The Morgan fingerprint density at radius 2 is 1.19 bits per heavy atom. The van der Waals surface area contributed by atoms with Gasteiger partial charge < -0.3 is 46.3 Å². The minimum absolute atomic E-state index is 0. The molecule has 2 fully saturated rings. The van der Waals surface area contributed by atoms with Crippen LogP contribution in [0.2, 0.25) is 0 Å². The summed E-state index contributed by atoms with van der Waals surface area (Å²) in [5.41, 5.74) is 11.4. The van der Waals surface area contributed by atoms with E-state index < -0.39 is 0 Å². The summed E-state index contributed by atoms with van der Waals surface area (Å²) in [6.07, 6.45) is 28.3. The number of nitrogens with one attached hydrogen (secondary N) is 1. The van der Waals surface area contributed by atoms with Gasteiger partial charge in [0, 0.05) is 82.6 Å². The van der Waals surface area contributed by atoms with E-state index in [1.807, 2.05) is 31.0 Å². The third-order valence-corrected chi connectivity index (χ3v) is 11.1. The monoisotopic (exact) mass is 1170 g/mol. The Balaban J connectivity index is 0.000000496. The van der Waals surface area contributed by atoms with E-state index in [1.54, 1.807) is 6.20 Å². The Bertz CT molecular complexity index is 2020. The molecule has 0 bridgehead atoms. The molecular formula is C46H69Cs2N11O8. The van der Waals surface area contributed by atoms with E-state index in [1.165, 1.54) is 54.9 Å². The van der Waals surface area contributed by atoms with Gasteiger partial charge >= 0.3 is 149 Å². The Labute approximate surface area is 514 Å². The Morgan fingerprint density at radius 1 is 0.731 bits per heavy atom. The number of hydrogen-bond donors (Lipinski definition) is 2. The Hall–Kier alpha value is -1.56. The molecule has 8 rings (SSSR count). The summed E-state index contributed by atoms with van der Waals surface area (Å²) in [6.45, 7) is 13.3. The van der Waals surface area contributed by atoms with Gasteiger partial charge in [-0.3, -0.25) is 9.59 Å². The fourth-order valence-corrected chi connectivity index (χ4v) is 7.50. The zero-order valence-electron chi connectivity index (χ0n) is 41.6. The van der Waals surface area contributed by atoms with Crippen LogP contribution in [-0.2, 0) is 62.5 Å². The number of anilines is 2. The van der Waals surface area contributed by atoms with Crippen LogP contribution >= 0.6 is 0 Å². The number of rotatable bonds is 13. The van der Waals surface area contributed by atoms with Crippen molar-refractivity contribution < 1.29 is 173 Å². The molecule has 0 radical (unpaired) electrons. The zero-order valence-corrected chi connectivity index (χ0v) is 53.2. The second-order valence-electron chi connectivity index (χ2n) is 16.0. The number of aromatic amines is 1. The van der Waals surface area contributed by atoms with Crippen molar-refractivity contribution >= 4 is 24.3 Å². The van der Waals surface area contributed by atoms with Gasteiger partial charge in [0.2, 0.25) is 17.8 Å². The molecule has 358 valence electrons. The van der Waals surface area contributed by atoms with Gasteiger partial charge in [-0.05, 0) is 119 Å². The summed E-state index contributed by atoms with van der Waals surface area (Å²) in [6, 6.07) is 0.478. The maximum Gasteiger partial charge on any atom is 1.00 e. The summed E-state index contributed by atoms with van der Waals surface area (Å²) < 4.78 is 17.5. The molecule has 0 atom stereocenters. The predicted molar refractivity (Wildman–Crippen MR) is 244 cm³/mol. The van der Waals surface area contributed by atoms with Gasteiger partial charge in [0.15, 0.2) is 0 Å². The van der Waals surface area contributed by atoms with Crippen LogP contribution in [0.5, 0.6) is 6.01 Å². The number of aromatic nitrogens is 8. The number of carbonyl (C=O) groups excluding carboxylic acids is 2. The van der Waals surface area contributed by atoms with E-state index in [-0.39, 0.29) is 163 Å². The van der Waals surface area contributed by atoms with E-state index in [0.717, 1.165) is 127 Å². The van der Waals surface area contributed by atoms with Crippen molar-refractivity contribution in [3.63, 3.8) is 0 Å². The molecule has 19 nitrogen and oxygen atoms in total. The molecule has 2 aliphatic heterocycles. The van der Waals surface area contributed by atoms with E-state index in [0.29, 0.717) is 25.3 Å². The van der Waals surface area contributed by atoms with Crippen molar-refractivity contribution in [2.24, 2.45) is 5.73 Å². The minimum Gasteiger partial charge on any atom is -1.00 e. The number of ether oxygens (including phenoxy) is 3. The fraction of sp³-hybridized carbons (Fsp3) is 0.609. The SMILES string of the molecule is CC(N)=O.CCCOC1CCN(c2ncc(CC)cn2)CC1.CCc1cnc(N2CCC(OCCOc3ncc4c(n3)CCCC4)CC2)nc1.O=CO[O-].O=c1ncc2c([nH]1)CCCC2.[Cs+].[Cs+].[H-]. The fourth-order valence-electron chi connectivity index (χ4n) is 7.50. The number of carbonyl (C=O) groups is 2. The van der Waals surface area contributed by atoms with Gasteiger partial charge in [-0.15, -0.1) is 0 Å². The normalized spacial score (nSPS) is 15.2. The number of hydrogen-bond acceptors (Lipinski definition) is 17. The van der Waals surface area contributed by atoms with E-state index in [9.17, 15) is 9.59 Å². The molecule has 4 aromatic heterocycles. The molecule has 67 heavy (non-hydrogen) atoms. The number of piperidine rings is 2. The molecular weight excluding hydrogens is 1100 g/mol. The average molecular weight is 1170 g/mol. The number of nitrogens with two attached hydrogens (primary N) is 1. The smallest absolute Gasteiger partial charge is 1.00 e. The van der Waals surface area contributed by atoms with Crippen molar-refractivity contribution in [2.75, 3.05) is 55.8 Å². The number of amides is 1. The van der Waals surface area contributed by atoms with E-state index >= 15 is 0 Å². The van der Waals surface area contributed by atoms with E-state index in [4.69, 9.17) is 24.3 Å². The molecule has 0 unspecified atom stereocenters. The summed E-state index contributed by atoms with van der Waals surface area (Å²) in [5.74, 6) is 1.35. The van der Waals surface area contributed by atoms with Gasteiger partial charge in [-0.25, -0.2) is 34.7 Å². The van der Waals surface area contributed by atoms with Crippen LogP contribution in [-0.4, -0.2) is 110 Å². The molecule has 6 heterocycles.